The number of imide groups is 1. The molecule has 2 unspecified atom stereocenters. The van der Waals surface area contributed by atoms with Crippen molar-refractivity contribution in [3.63, 3.8) is 0 Å². The van der Waals surface area contributed by atoms with Crippen LogP contribution in [0.5, 0.6) is 0 Å². The number of urea groups is 1. The number of amides is 3. The number of carbonyl (C=O) groups excluding carboxylic acids is 2. The summed E-state index contributed by atoms with van der Waals surface area (Å²) in [5.41, 5.74) is 1.18. The summed E-state index contributed by atoms with van der Waals surface area (Å²) in [6, 6.07) is 9.22. The standard InChI is InChI=1S/C15H18N2O3/c18-14-13(7-6-11-4-2-1-3-5-11)16-15(19)17(14)12-8-9-20-10-12/h1-5,12-13H,6-10H2,(H,16,19). The van der Waals surface area contributed by atoms with E-state index in [1.807, 2.05) is 30.3 Å². The molecule has 0 aromatic heterocycles. The van der Waals surface area contributed by atoms with Crippen molar-refractivity contribution in [2.45, 2.75) is 31.3 Å². The van der Waals surface area contributed by atoms with Crippen LogP contribution in [0.25, 0.3) is 0 Å². The van der Waals surface area contributed by atoms with Gasteiger partial charge in [-0.1, -0.05) is 30.3 Å². The Labute approximate surface area is 117 Å². The van der Waals surface area contributed by atoms with Crippen LogP contribution in [-0.4, -0.2) is 42.1 Å². The zero-order valence-corrected chi connectivity index (χ0v) is 11.2. The second-order valence-corrected chi connectivity index (χ2v) is 5.25. The number of hydrogen-bond acceptors (Lipinski definition) is 3. The summed E-state index contributed by atoms with van der Waals surface area (Å²) in [6.07, 6.45) is 2.16. The summed E-state index contributed by atoms with van der Waals surface area (Å²) in [5.74, 6) is -0.110. The molecule has 0 spiro atoms. The SMILES string of the molecule is O=C1NC(CCc2ccccc2)C(=O)N1C1CCOC1. The number of nitrogens with zero attached hydrogens (tertiary/aromatic N) is 1. The Morgan fingerprint density at radius 2 is 2.05 bits per heavy atom. The Bertz CT molecular complexity index is 497. The monoisotopic (exact) mass is 274 g/mol. The molecule has 2 heterocycles. The van der Waals surface area contributed by atoms with Crippen LogP contribution in [0.1, 0.15) is 18.4 Å². The van der Waals surface area contributed by atoms with Gasteiger partial charge in [0.15, 0.2) is 0 Å². The van der Waals surface area contributed by atoms with E-state index >= 15 is 0 Å². The first kappa shape index (κ1) is 13.1. The zero-order valence-electron chi connectivity index (χ0n) is 11.2. The number of aryl methyl sites for hydroxylation is 1. The third-order valence-corrected chi connectivity index (χ3v) is 3.89. The van der Waals surface area contributed by atoms with Gasteiger partial charge in [-0.05, 0) is 24.8 Å². The number of benzene rings is 1. The molecule has 3 amide bonds. The molecule has 0 radical (unpaired) electrons. The Morgan fingerprint density at radius 3 is 2.75 bits per heavy atom. The number of ether oxygens (including phenoxy) is 1. The first-order valence-electron chi connectivity index (χ1n) is 7.01. The first-order chi connectivity index (χ1) is 9.75. The van der Waals surface area contributed by atoms with Gasteiger partial charge >= 0.3 is 6.03 Å². The van der Waals surface area contributed by atoms with Gasteiger partial charge < -0.3 is 10.1 Å². The summed E-state index contributed by atoms with van der Waals surface area (Å²) < 4.78 is 5.26. The van der Waals surface area contributed by atoms with Crippen LogP contribution in [0.15, 0.2) is 30.3 Å². The lowest BCUT2D eigenvalue weighted by atomic mass is 10.1. The lowest BCUT2D eigenvalue weighted by Crippen LogP contribution is -2.41. The number of nitrogens with one attached hydrogen (secondary N) is 1. The van der Waals surface area contributed by atoms with Crippen molar-refractivity contribution >= 4 is 11.9 Å². The van der Waals surface area contributed by atoms with E-state index in [1.165, 1.54) is 10.5 Å². The lowest BCUT2D eigenvalue weighted by molar-refractivity contribution is -0.129. The van der Waals surface area contributed by atoms with Crippen LogP contribution in [-0.2, 0) is 16.0 Å². The van der Waals surface area contributed by atoms with Gasteiger partial charge in [-0.2, -0.15) is 0 Å². The molecule has 1 aromatic rings. The van der Waals surface area contributed by atoms with E-state index < -0.39 is 6.04 Å². The van der Waals surface area contributed by atoms with Gasteiger partial charge in [-0.25, -0.2) is 4.79 Å². The van der Waals surface area contributed by atoms with Gasteiger partial charge in [-0.15, -0.1) is 0 Å². The molecule has 0 aliphatic carbocycles. The predicted octanol–water partition coefficient (Wildman–Crippen LogP) is 1.33. The van der Waals surface area contributed by atoms with Crippen LogP contribution in [0.4, 0.5) is 4.79 Å². The van der Waals surface area contributed by atoms with Gasteiger partial charge in [0.1, 0.15) is 6.04 Å². The van der Waals surface area contributed by atoms with E-state index in [0.29, 0.717) is 19.6 Å². The maximum Gasteiger partial charge on any atom is 0.325 e. The van der Waals surface area contributed by atoms with E-state index in [9.17, 15) is 9.59 Å². The maximum absolute atomic E-state index is 12.3. The molecule has 20 heavy (non-hydrogen) atoms. The van der Waals surface area contributed by atoms with Crippen LogP contribution in [0.2, 0.25) is 0 Å². The minimum absolute atomic E-state index is 0.0933. The van der Waals surface area contributed by atoms with Crippen LogP contribution < -0.4 is 5.32 Å². The summed E-state index contributed by atoms with van der Waals surface area (Å²) in [7, 11) is 0. The highest BCUT2D eigenvalue weighted by atomic mass is 16.5. The van der Waals surface area contributed by atoms with Crippen molar-refractivity contribution in [1.82, 2.24) is 10.2 Å². The van der Waals surface area contributed by atoms with Crippen molar-refractivity contribution in [1.29, 1.82) is 0 Å². The minimum Gasteiger partial charge on any atom is -0.379 e. The summed E-state index contributed by atoms with van der Waals surface area (Å²) in [5, 5.41) is 2.78. The normalized spacial score (nSPS) is 26.1. The van der Waals surface area contributed by atoms with Gasteiger partial charge in [0.2, 0.25) is 0 Å². The fourth-order valence-electron chi connectivity index (χ4n) is 2.77. The largest absolute Gasteiger partial charge is 0.379 e. The predicted molar refractivity (Wildman–Crippen MR) is 73.2 cm³/mol. The smallest absolute Gasteiger partial charge is 0.325 e. The maximum atomic E-state index is 12.3. The molecule has 2 aliphatic heterocycles. The highest BCUT2D eigenvalue weighted by Gasteiger charge is 2.42. The van der Waals surface area contributed by atoms with E-state index in [0.717, 1.165) is 12.8 Å². The Morgan fingerprint density at radius 1 is 1.25 bits per heavy atom. The molecule has 1 N–H and O–H groups in total. The Hall–Kier alpha value is -1.88. The molecule has 5 heteroatoms. The minimum atomic E-state index is -0.400. The van der Waals surface area contributed by atoms with Crippen molar-refractivity contribution in [3.8, 4) is 0 Å². The van der Waals surface area contributed by atoms with E-state index in [4.69, 9.17) is 4.74 Å². The van der Waals surface area contributed by atoms with Crippen LogP contribution in [0.3, 0.4) is 0 Å². The molecular formula is C15H18N2O3. The zero-order chi connectivity index (χ0) is 13.9. The van der Waals surface area contributed by atoms with Crippen molar-refractivity contribution in [2.24, 2.45) is 0 Å². The fraction of sp³-hybridized carbons (Fsp3) is 0.467. The Kier molecular flexibility index (Phi) is 3.69. The summed E-state index contributed by atoms with van der Waals surface area (Å²) >= 11 is 0. The lowest BCUT2D eigenvalue weighted by Gasteiger charge is -2.19. The third kappa shape index (κ3) is 2.54. The van der Waals surface area contributed by atoms with Crippen LogP contribution in [0, 0.1) is 0 Å². The van der Waals surface area contributed by atoms with E-state index in [-0.39, 0.29) is 18.0 Å². The second kappa shape index (κ2) is 5.63. The molecule has 5 nitrogen and oxygen atoms in total. The van der Waals surface area contributed by atoms with Crippen molar-refractivity contribution in [3.05, 3.63) is 35.9 Å². The molecule has 2 fully saturated rings. The van der Waals surface area contributed by atoms with E-state index in [1.54, 1.807) is 0 Å². The number of hydrogen-bond donors (Lipinski definition) is 1. The second-order valence-electron chi connectivity index (χ2n) is 5.25. The molecular weight excluding hydrogens is 256 g/mol. The topological polar surface area (TPSA) is 58.6 Å². The fourth-order valence-corrected chi connectivity index (χ4v) is 2.77. The average Bonchev–Trinajstić information content (AvgIpc) is 3.06. The van der Waals surface area contributed by atoms with Crippen molar-refractivity contribution < 1.29 is 14.3 Å². The van der Waals surface area contributed by atoms with Gasteiger partial charge in [0.25, 0.3) is 5.91 Å². The number of carbonyl (C=O) groups is 2. The van der Waals surface area contributed by atoms with Gasteiger partial charge in [-0.3, -0.25) is 9.69 Å². The molecule has 0 saturated carbocycles. The number of rotatable bonds is 4. The quantitative estimate of drug-likeness (QED) is 0.843. The molecule has 3 rings (SSSR count). The average molecular weight is 274 g/mol. The van der Waals surface area contributed by atoms with Gasteiger partial charge in [0.05, 0.1) is 12.6 Å². The van der Waals surface area contributed by atoms with Gasteiger partial charge in [0, 0.05) is 6.61 Å². The third-order valence-electron chi connectivity index (χ3n) is 3.89. The van der Waals surface area contributed by atoms with E-state index in [2.05, 4.69) is 5.32 Å². The van der Waals surface area contributed by atoms with Crippen molar-refractivity contribution in [2.75, 3.05) is 13.2 Å². The highest BCUT2D eigenvalue weighted by molar-refractivity contribution is 6.04. The molecule has 0 bridgehead atoms. The molecule has 2 saturated heterocycles. The molecule has 106 valence electrons. The summed E-state index contributed by atoms with van der Waals surface area (Å²) in [6.45, 7) is 1.08. The highest BCUT2D eigenvalue weighted by Crippen LogP contribution is 2.20. The summed E-state index contributed by atoms with van der Waals surface area (Å²) in [4.78, 5) is 25.6. The van der Waals surface area contributed by atoms with Crippen LogP contribution >= 0.6 is 0 Å². The molecule has 2 atom stereocenters. The molecule has 1 aromatic carbocycles. The first-order valence-corrected chi connectivity index (χ1v) is 7.01. The molecule has 2 aliphatic rings. The Balaban J connectivity index is 1.61.